The molecule has 0 aliphatic carbocycles. The topological polar surface area (TPSA) is 105 Å². The van der Waals surface area contributed by atoms with Crippen molar-refractivity contribution in [2.24, 2.45) is 4.99 Å². The number of benzene rings is 2. The van der Waals surface area contributed by atoms with Crippen LogP contribution in [0, 0.1) is 0 Å². The van der Waals surface area contributed by atoms with Crippen molar-refractivity contribution in [3.8, 4) is 11.5 Å². The van der Waals surface area contributed by atoms with Gasteiger partial charge in [0, 0.05) is 17.8 Å². The van der Waals surface area contributed by atoms with Crippen LogP contribution in [-0.2, 0) is 13.1 Å². The Bertz CT molecular complexity index is 1200. The molecule has 8 nitrogen and oxygen atoms in total. The molecule has 0 radical (unpaired) electrons. The van der Waals surface area contributed by atoms with Crippen LogP contribution in [0.25, 0.3) is 11.5 Å². The molecule has 168 valence electrons. The van der Waals surface area contributed by atoms with Crippen molar-refractivity contribution in [2.45, 2.75) is 20.0 Å². The molecular formula is C25H25N5O3. The number of aromatic nitrogens is 1. The maximum Gasteiger partial charge on any atom is 0.291 e. The lowest BCUT2D eigenvalue weighted by Gasteiger charge is -2.10. The molecule has 0 aliphatic heterocycles. The van der Waals surface area contributed by atoms with Gasteiger partial charge in [-0.05, 0) is 48.9 Å². The first-order valence-corrected chi connectivity index (χ1v) is 10.7. The van der Waals surface area contributed by atoms with Crippen molar-refractivity contribution in [1.29, 1.82) is 0 Å². The summed E-state index contributed by atoms with van der Waals surface area (Å²) in [6.07, 6.45) is 3.11. The van der Waals surface area contributed by atoms with Crippen molar-refractivity contribution in [3.05, 3.63) is 96.3 Å². The zero-order valence-corrected chi connectivity index (χ0v) is 18.2. The number of hydrogen-bond donors (Lipinski definition) is 3. The average Bonchev–Trinajstić information content (AvgIpc) is 3.54. The van der Waals surface area contributed by atoms with Gasteiger partial charge in [0.05, 0.1) is 25.0 Å². The number of rotatable bonds is 8. The van der Waals surface area contributed by atoms with E-state index in [2.05, 4.69) is 25.9 Å². The van der Waals surface area contributed by atoms with Crippen molar-refractivity contribution < 1.29 is 13.6 Å². The van der Waals surface area contributed by atoms with E-state index in [9.17, 15) is 4.79 Å². The van der Waals surface area contributed by atoms with Gasteiger partial charge in [-0.1, -0.05) is 30.3 Å². The highest BCUT2D eigenvalue weighted by Crippen LogP contribution is 2.18. The highest BCUT2D eigenvalue weighted by molar-refractivity contribution is 6.02. The molecule has 1 amide bonds. The molecule has 0 bridgehead atoms. The van der Waals surface area contributed by atoms with Gasteiger partial charge in [-0.2, -0.15) is 0 Å². The minimum atomic E-state index is -0.293. The van der Waals surface area contributed by atoms with Crippen LogP contribution < -0.4 is 16.0 Å². The number of carbonyl (C=O) groups excluding carboxylic acids is 1. The Morgan fingerprint density at radius 2 is 1.88 bits per heavy atom. The first-order valence-electron chi connectivity index (χ1n) is 10.7. The summed E-state index contributed by atoms with van der Waals surface area (Å²) >= 11 is 0. The van der Waals surface area contributed by atoms with E-state index in [0.717, 1.165) is 23.4 Å². The monoisotopic (exact) mass is 443 g/mol. The molecule has 0 fully saturated rings. The van der Waals surface area contributed by atoms with Crippen LogP contribution in [0.1, 0.15) is 28.7 Å². The van der Waals surface area contributed by atoms with Gasteiger partial charge >= 0.3 is 0 Å². The van der Waals surface area contributed by atoms with Gasteiger partial charge in [0.2, 0.25) is 5.89 Å². The highest BCUT2D eigenvalue weighted by atomic mass is 16.3. The van der Waals surface area contributed by atoms with Gasteiger partial charge in [0.1, 0.15) is 6.26 Å². The Labute approximate surface area is 191 Å². The maximum atomic E-state index is 12.2. The number of carbonyl (C=O) groups is 1. The van der Waals surface area contributed by atoms with E-state index >= 15 is 0 Å². The lowest BCUT2D eigenvalue weighted by molar-refractivity contribution is 0.0996. The van der Waals surface area contributed by atoms with Gasteiger partial charge in [-0.15, -0.1) is 0 Å². The molecular weight excluding hydrogens is 418 g/mol. The molecule has 0 aliphatic rings. The fraction of sp³-hybridized carbons (Fsp3) is 0.160. The Kier molecular flexibility index (Phi) is 7.17. The van der Waals surface area contributed by atoms with Crippen LogP contribution in [0.3, 0.4) is 0 Å². The molecule has 0 spiro atoms. The SMILES string of the molecule is CCNC(=NCc1cccc(NC(=O)c2ccco2)c1)NCc1coc(-c2ccccc2)n1. The molecule has 33 heavy (non-hydrogen) atoms. The first-order chi connectivity index (χ1) is 16.2. The summed E-state index contributed by atoms with van der Waals surface area (Å²) in [5.74, 6) is 1.22. The molecule has 3 N–H and O–H groups in total. The number of amides is 1. The fourth-order valence-corrected chi connectivity index (χ4v) is 3.14. The Hall–Kier alpha value is -4.33. The quantitative estimate of drug-likeness (QED) is 0.275. The third kappa shape index (κ3) is 6.10. The van der Waals surface area contributed by atoms with Crippen LogP contribution in [0.2, 0.25) is 0 Å². The van der Waals surface area contributed by atoms with Gasteiger partial charge in [0.15, 0.2) is 11.7 Å². The molecule has 2 heterocycles. The highest BCUT2D eigenvalue weighted by Gasteiger charge is 2.09. The minimum absolute atomic E-state index is 0.264. The lowest BCUT2D eigenvalue weighted by atomic mass is 10.2. The molecule has 2 aromatic carbocycles. The number of guanidine groups is 1. The summed E-state index contributed by atoms with van der Waals surface area (Å²) < 4.78 is 10.7. The zero-order chi connectivity index (χ0) is 22.9. The predicted octanol–water partition coefficient (Wildman–Crippen LogP) is 4.44. The summed E-state index contributed by atoms with van der Waals surface area (Å²) in [6.45, 7) is 3.64. The number of hydrogen-bond acceptors (Lipinski definition) is 5. The van der Waals surface area contributed by atoms with Gasteiger partial charge < -0.3 is 24.8 Å². The standard InChI is InChI=1S/C25H25N5O3/c1-2-26-25(28-16-21-17-33-24(30-21)19-9-4-3-5-10-19)27-15-18-8-6-11-20(14-18)29-23(31)22-12-7-13-32-22/h3-14,17H,2,15-16H2,1H3,(H,29,31)(H2,26,27,28). The summed E-state index contributed by atoms with van der Waals surface area (Å²) in [5.41, 5.74) is 3.35. The number of nitrogens with one attached hydrogen (secondary N) is 3. The van der Waals surface area contributed by atoms with E-state index in [4.69, 9.17) is 8.83 Å². The number of oxazole rings is 1. The molecule has 8 heteroatoms. The average molecular weight is 444 g/mol. The lowest BCUT2D eigenvalue weighted by Crippen LogP contribution is -2.36. The largest absolute Gasteiger partial charge is 0.459 e. The van der Waals surface area contributed by atoms with E-state index in [1.165, 1.54) is 6.26 Å². The minimum Gasteiger partial charge on any atom is -0.459 e. The first kappa shape index (κ1) is 21.9. The second-order valence-corrected chi connectivity index (χ2v) is 7.19. The Morgan fingerprint density at radius 1 is 1.00 bits per heavy atom. The van der Waals surface area contributed by atoms with E-state index in [-0.39, 0.29) is 11.7 Å². The Morgan fingerprint density at radius 3 is 2.67 bits per heavy atom. The molecule has 0 unspecified atom stereocenters. The third-order valence-corrected chi connectivity index (χ3v) is 4.70. The van der Waals surface area contributed by atoms with Crippen LogP contribution in [0.4, 0.5) is 5.69 Å². The van der Waals surface area contributed by atoms with Gasteiger partial charge in [-0.3, -0.25) is 4.79 Å². The van der Waals surface area contributed by atoms with E-state index in [0.29, 0.717) is 30.6 Å². The predicted molar refractivity (Wildman–Crippen MR) is 127 cm³/mol. The van der Waals surface area contributed by atoms with Gasteiger partial charge in [-0.25, -0.2) is 9.98 Å². The Balaban J connectivity index is 1.36. The third-order valence-electron chi connectivity index (χ3n) is 4.70. The van der Waals surface area contributed by atoms with Crippen LogP contribution in [0.15, 0.2) is 93.1 Å². The zero-order valence-electron chi connectivity index (χ0n) is 18.2. The normalized spacial score (nSPS) is 11.2. The number of furan rings is 1. The van der Waals surface area contributed by atoms with Crippen molar-refractivity contribution in [1.82, 2.24) is 15.6 Å². The molecule has 2 aromatic heterocycles. The number of anilines is 1. The fourth-order valence-electron chi connectivity index (χ4n) is 3.14. The van der Waals surface area contributed by atoms with Crippen LogP contribution >= 0.6 is 0 Å². The number of aliphatic imine (C=N–C) groups is 1. The second-order valence-electron chi connectivity index (χ2n) is 7.19. The van der Waals surface area contributed by atoms with Crippen molar-refractivity contribution >= 4 is 17.6 Å². The van der Waals surface area contributed by atoms with E-state index < -0.39 is 0 Å². The van der Waals surface area contributed by atoms with Crippen molar-refractivity contribution in [2.75, 3.05) is 11.9 Å². The van der Waals surface area contributed by atoms with Crippen molar-refractivity contribution in [3.63, 3.8) is 0 Å². The summed E-state index contributed by atoms with van der Waals surface area (Å²) in [7, 11) is 0. The number of nitrogens with zero attached hydrogens (tertiary/aromatic N) is 2. The summed E-state index contributed by atoms with van der Waals surface area (Å²) in [4.78, 5) is 21.4. The van der Waals surface area contributed by atoms with Crippen LogP contribution in [0.5, 0.6) is 0 Å². The molecule has 4 aromatic rings. The van der Waals surface area contributed by atoms with E-state index in [1.807, 2.05) is 61.5 Å². The summed E-state index contributed by atoms with van der Waals surface area (Å²) in [5, 5.41) is 9.33. The van der Waals surface area contributed by atoms with E-state index in [1.54, 1.807) is 18.4 Å². The molecule has 0 saturated heterocycles. The smallest absolute Gasteiger partial charge is 0.291 e. The summed E-state index contributed by atoms with van der Waals surface area (Å²) in [6, 6.07) is 20.6. The van der Waals surface area contributed by atoms with Crippen LogP contribution in [-0.4, -0.2) is 23.4 Å². The molecule has 0 saturated carbocycles. The maximum absolute atomic E-state index is 12.2. The second kappa shape index (κ2) is 10.8. The molecule has 4 rings (SSSR count). The molecule has 0 atom stereocenters. The van der Waals surface area contributed by atoms with Gasteiger partial charge in [0.25, 0.3) is 5.91 Å².